The van der Waals surface area contributed by atoms with Crippen molar-refractivity contribution in [1.29, 1.82) is 0 Å². The number of carbonyl (C=O) groups excluding carboxylic acids is 1. The summed E-state index contributed by atoms with van der Waals surface area (Å²) in [5.74, 6) is -0.0880. The van der Waals surface area contributed by atoms with Crippen molar-refractivity contribution >= 4 is 17.5 Å². The molecule has 0 bridgehead atoms. The van der Waals surface area contributed by atoms with Gasteiger partial charge in [-0.1, -0.05) is 17.7 Å². The Labute approximate surface area is 125 Å². The lowest BCUT2D eigenvalue weighted by molar-refractivity contribution is -0.138. The molecule has 0 atom stereocenters. The lowest BCUT2D eigenvalue weighted by atomic mass is 10.3. The Bertz CT molecular complexity index is 469. The van der Waals surface area contributed by atoms with Crippen LogP contribution in [0.4, 0.5) is 13.2 Å². The molecule has 0 saturated carbocycles. The number of ether oxygens (including phenoxy) is 1. The second kappa shape index (κ2) is 8.09. The largest absolute Gasteiger partial charge is 0.492 e. The van der Waals surface area contributed by atoms with Gasteiger partial charge in [0.15, 0.2) is 0 Å². The molecule has 1 aromatic rings. The number of likely N-dealkylation sites (N-methyl/N-ethyl adjacent to an activating group) is 1. The maximum Gasteiger partial charge on any atom is 0.405 e. The summed E-state index contributed by atoms with van der Waals surface area (Å²) in [6.45, 7) is -0.761. The van der Waals surface area contributed by atoms with Crippen LogP contribution in [0.1, 0.15) is 0 Å². The molecule has 0 radical (unpaired) electrons. The average molecular weight is 325 g/mol. The fourth-order valence-electron chi connectivity index (χ4n) is 1.46. The van der Waals surface area contributed by atoms with Gasteiger partial charge in [0.2, 0.25) is 5.91 Å². The summed E-state index contributed by atoms with van der Waals surface area (Å²) >= 11 is 5.79. The van der Waals surface area contributed by atoms with E-state index in [9.17, 15) is 18.0 Å². The first-order valence-electron chi connectivity index (χ1n) is 6.16. The van der Waals surface area contributed by atoms with Crippen LogP contribution in [0.5, 0.6) is 5.75 Å². The first kappa shape index (κ1) is 17.6. The van der Waals surface area contributed by atoms with Crippen LogP contribution in [0.25, 0.3) is 0 Å². The van der Waals surface area contributed by atoms with Gasteiger partial charge >= 0.3 is 6.18 Å². The molecule has 0 fully saturated rings. The number of alkyl halides is 3. The topological polar surface area (TPSA) is 41.6 Å². The first-order chi connectivity index (χ1) is 9.76. The Kier molecular flexibility index (Phi) is 6.77. The predicted molar refractivity (Wildman–Crippen MR) is 73.5 cm³/mol. The maximum atomic E-state index is 11.9. The Hall–Kier alpha value is -1.47. The Morgan fingerprint density at radius 1 is 1.43 bits per heavy atom. The first-order valence-corrected chi connectivity index (χ1v) is 6.54. The Morgan fingerprint density at radius 3 is 2.76 bits per heavy atom. The van der Waals surface area contributed by atoms with Crippen molar-refractivity contribution < 1.29 is 22.7 Å². The van der Waals surface area contributed by atoms with Gasteiger partial charge in [-0.05, 0) is 25.2 Å². The Balaban J connectivity index is 2.22. The van der Waals surface area contributed by atoms with E-state index < -0.39 is 18.6 Å². The van der Waals surface area contributed by atoms with Gasteiger partial charge < -0.3 is 10.1 Å². The Morgan fingerprint density at radius 2 is 2.14 bits per heavy atom. The van der Waals surface area contributed by atoms with E-state index in [0.717, 1.165) is 0 Å². The third kappa shape index (κ3) is 8.41. The molecule has 1 N–H and O–H groups in total. The van der Waals surface area contributed by atoms with E-state index in [4.69, 9.17) is 16.3 Å². The molecule has 118 valence electrons. The van der Waals surface area contributed by atoms with E-state index in [1.807, 2.05) is 0 Å². The van der Waals surface area contributed by atoms with E-state index >= 15 is 0 Å². The number of nitrogens with zero attached hydrogens (tertiary/aromatic N) is 1. The highest BCUT2D eigenvalue weighted by Gasteiger charge is 2.27. The molecule has 1 rings (SSSR count). The summed E-state index contributed by atoms with van der Waals surface area (Å²) in [4.78, 5) is 12.8. The number of hydrogen-bond donors (Lipinski definition) is 1. The van der Waals surface area contributed by atoms with Gasteiger partial charge in [-0.3, -0.25) is 9.69 Å². The molecule has 1 aromatic carbocycles. The molecule has 0 spiro atoms. The van der Waals surface area contributed by atoms with Gasteiger partial charge in [0, 0.05) is 11.6 Å². The van der Waals surface area contributed by atoms with Crippen molar-refractivity contribution in [2.24, 2.45) is 0 Å². The minimum absolute atomic E-state index is 0.130. The fourth-order valence-corrected chi connectivity index (χ4v) is 1.64. The van der Waals surface area contributed by atoms with E-state index in [2.05, 4.69) is 0 Å². The molecule has 0 saturated heterocycles. The van der Waals surface area contributed by atoms with Crippen molar-refractivity contribution in [1.82, 2.24) is 10.2 Å². The average Bonchev–Trinajstić information content (AvgIpc) is 2.35. The molecule has 0 aliphatic carbocycles. The van der Waals surface area contributed by atoms with Crippen LogP contribution in [0.2, 0.25) is 5.02 Å². The minimum atomic E-state index is -4.40. The number of benzene rings is 1. The van der Waals surface area contributed by atoms with Crippen molar-refractivity contribution in [3.05, 3.63) is 29.3 Å². The number of hydrogen-bond acceptors (Lipinski definition) is 3. The van der Waals surface area contributed by atoms with E-state index in [1.54, 1.807) is 41.5 Å². The number of halogens is 4. The molecule has 4 nitrogen and oxygen atoms in total. The van der Waals surface area contributed by atoms with Crippen LogP contribution in [0, 0.1) is 0 Å². The number of rotatable bonds is 7. The SMILES string of the molecule is CN(CCOc1cccc(Cl)c1)CC(=O)NCC(F)(F)F. The molecule has 0 heterocycles. The lowest BCUT2D eigenvalue weighted by Gasteiger charge is -2.17. The maximum absolute atomic E-state index is 11.9. The van der Waals surface area contributed by atoms with Crippen molar-refractivity contribution in [3.8, 4) is 5.75 Å². The molecule has 1 amide bonds. The summed E-state index contributed by atoms with van der Waals surface area (Å²) in [7, 11) is 1.62. The molecule has 0 unspecified atom stereocenters. The molecule has 8 heteroatoms. The third-order valence-corrected chi connectivity index (χ3v) is 2.67. The summed E-state index contributed by atoms with van der Waals surface area (Å²) in [5.41, 5.74) is 0. The summed E-state index contributed by atoms with van der Waals surface area (Å²) < 4.78 is 41.2. The zero-order valence-electron chi connectivity index (χ0n) is 11.4. The monoisotopic (exact) mass is 324 g/mol. The molecule has 0 aromatic heterocycles. The lowest BCUT2D eigenvalue weighted by Crippen LogP contribution is -2.40. The van der Waals surface area contributed by atoms with Crippen LogP contribution < -0.4 is 10.1 Å². The van der Waals surface area contributed by atoms with Crippen LogP contribution in [0.3, 0.4) is 0 Å². The molecule has 0 aliphatic heterocycles. The smallest absolute Gasteiger partial charge is 0.405 e. The zero-order chi connectivity index (χ0) is 15.9. The van der Waals surface area contributed by atoms with Gasteiger partial charge in [0.1, 0.15) is 18.9 Å². The minimum Gasteiger partial charge on any atom is -0.492 e. The second-order valence-electron chi connectivity index (χ2n) is 4.44. The normalized spacial score (nSPS) is 11.5. The number of amides is 1. The molecular formula is C13H16ClF3N2O2. The van der Waals surface area contributed by atoms with Gasteiger partial charge in [0.25, 0.3) is 0 Å². The van der Waals surface area contributed by atoms with Gasteiger partial charge in [0.05, 0.1) is 6.54 Å². The standard InChI is InChI=1S/C13H16ClF3N2O2/c1-19(8-12(20)18-9-13(15,16)17)5-6-21-11-4-2-3-10(14)7-11/h2-4,7H,5-6,8-9H2,1H3,(H,18,20). The molecule has 21 heavy (non-hydrogen) atoms. The number of carbonyl (C=O) groups is 1. The van der Waals surface area contributed by atoms with Crippen molar-refractivity contribution in [3.63, 3.8) is 0 Å². The van der Waals surface area contributed by atoms with Crippen molar-refractivity contribution in [2.45, 2.75) is 6.18 Å². The molecule has 0 aliphatic rings. The van der Waals surface area contributed by atoms with E-state index in [1.165, 1.54) is 0 Å². The van der Waals surface area contributed by atoms with E-state index in [-0.39, 0.29) is 6.54 Å². The van der Waals surface area contributed by atoms with Crippen LogP contribution in [-0.2, 0) is 4.79 Å². The summed E-state index contributed by atoms with van der Waals surface area (Å²) in [6.07, 6.45) is -4.40. The summed E-state index contributed by atoms with van der Waals surface area (Å²) in [5, 5.41) is 2.35. The van der Waals surface area contributed by atoms with E-state index in [0.29, 0.717) is 23.9 Å². The fraction of sp³-hybridized carbons (Fsp3) is 0.462. The quantitative estimate of drug-likeness (QED) is 0.837. The highest BCUT2D eigenvalue weighted by atomic mass is 35.5. The predicted octanol–water partition coefficient (Wildman–Crippen LogP) is 2.33. The van der Waals surface area contributed by atoms with Crippen LogP contribution in [-0.4, -0.2) is 50.3 Å². The second-order valence-corrected chi connectivity index (χ2v) is 4.87. The van der Waals surface area contributed by atoms with Gasteiger partial charge in [-0.15, -0.1) is 0 Å². The zero-order valence-corrected chi connectivity index (χ0v) is 12.2. The van der Waals surface area contributed by atoms with Crippen LogP contribution >= 0.6 is 11.6 Å². The van der Waals surface area contributed by atoms with Crippen LogP contribution in [0.15, 0.2) is 24.3 Å². The number of nitrogens with one attached hydrogen (secondary N) is 1. The summed E-state index contributed by atoms with van der Waals surface area (Å²) in [6, 6.07) is 6.84. The third-order valence-electron chi connectivity index (χ3n) is 2.44. The highest BCUT2D eigenvalue weighted by Crippen LogP contribution is 2.16. The highest BCUT2D eigenvalue weighted by molar-refractivity contribution is 6.30. The van der Waals surface area contributed by atoms with Crippen molar-refractivity contribution in [2.75, 3.05) is 33.3 Å². The van der Waals surface area contributed by atoms with Gasteiger partial charge in [-0.25, -0.2) is 0 Å². The van der Waals surface area contributed by atoms with Gasteiger partial charge in [-0.2, -0.15) is 13.2 Å². The molecular weight excluding hydrogens is 309 g/mol.